The second kappa shape index (κ2) is 7.49. The molecule has 1 aromatic heterocycles. The fourth-order valence-electron chi connectivity index (χ4n) is 5.17. The van der Waals surface area contributed by atoms with Crippen molar-refractivity contribution in [3.05, 3.63) is 21.3 Å². The summed E-state index contributed by atoms with van der Waals surface area (Å²) in [5.74, 6) is 1.23. The Morgan fingerprint density at radius 3 is 2.88 bits per heavy atom. The van der Waals surface area contributed by atoms with E-state index >= 15 is 0 Å². The number of likely N-dealkylation sites (tertiary alicyclic amines) is 1. The lowest BCUT2D eigenvalue weighted by Crippen LogP contribution is -2.66. The first-order valence-electron chi connectivity index (χ1n) is 9.53. The zero-order valence-corrected chi connectivity index (χ0v) is 16.7. The van der Waals surface area contributed by atoms with Gasteiger partial charge in [-0.3, -0.25) is 14.5 Å². The number of halogens is 1. The van der Waals surface area contributed by atoms with Crippen molar-refractivity contribution >= 4 is 34.8 Å². The number of fused-ring (bicyclic) bond motifs is 4. The minimum absolute atomic E-state index is 0.0194. The third kappa shape index (κ3) is 3.64. The topological polar surface area (TPSA) is 52.7 Å². The van der Waals surface area contributed by atoms with E-state index in [1.54, 1.807) is 18.3 Å². The van der Waals surface area contributed by atoms with Crippen LogP contribution in [0.3, 0.4) is 0 Å². The van der Waals surface area contributed by atoms with Crippen molar-refractivity contribution in [3.8, 4) is 0 Å². The van der Waals surface area contributed by atoms with Crippen molar-refractivity contribution in [1.29, 1.82) is 0 Å². The van der Waals surface area contributed by atoms with Crippen LogP contribution in [0.25, 0.3) is 0 Å². The molecule has 0 aliphatic carbocycles. The molecule has 26 heavy (non-hydrogen) atoms. The molecule has 142 valence electrons. The average molecular weight is 396 g/mol. The predicted octanol–water partition coefficient (Wildman–Crippen LogP) is 2.74. The minimum Gasteiger partial charge on any atom is -0.354 e. The van der Waals surface area contributed by atoms with E-state index in [-0.39, 0.29) is 17.9 Å². The van der Waals surface area contributed by atoms with Crippen LogP contribution >= 0.6 is 22.9 Å². The molecule has 7 heteroatoms. The van der Waals surface area contributed by atoms with Crippen LogP contribution < -0.4 is 5.32 Å². The van der Waals surface area contributed by atoms with Crippen molar-refractivity contribution in [3.63, 3.8) is 0 Å². The van der Waals surface area contributed by atoms with Gasteiger partial charge in [-0.2, -0.15) is 0 Å². The molecule has 1 aromatic rings. The van der Waals surface area contributed by atoms with Gasteiger partial charge in [0.05, 0.1) is 10.4 Å². The van der Waals surface area contributed by atoms with Crippen LogP contribution in [0.15, 0.2) is 12.1 Å². The minimum atomic E-state index is -0.0194. The molecule has 3 saturated heterocycles. The van der Waals surface area contributed by atoms with Crippen LogP contribution in [0.2, 0.25) is 4.34 Å². The molecule has 4 heterocycles. The third-order valence-electron chi connectivity index (χ3n) is 6.14. The van der Waals surface area contributed by atoms with Gasteiger partial charge in [0, 0.05) is 50.4 Å². The van der Waals surface area contributed by atoms with Gasteiger partial charge in [-0.05, 0) is 43.2 Å². The van der Waals surface area contributed by atoms with E-state index in [0.717, 1.165) is 36.8 Å². The van der Waals surface area contributed by atoms with Gasteiger partial charge in [-0.1, -0.05) is 11.6 Å². The van der Waals surface area contributed by atoms with Crippen LogP contribution in [-0.4, -0.2) is 53.3 Å². The average Bonchev–Trinajstić information content (AvgIpc) is 3.00. The first kappa shape index (κ1) is 18.3. The summed E-state index contributed by atoms with van der Waals surface area (Å²) in [5, 5.41) is 2.97. The van der Waals surface area contributed by atoms with Gasteiger partial charge >= 0.3 is 0 Å². The quantitative estimate of drug-likeness (QED) is 0.852. The van der Waals surface area contributed by atoms with Crippen molar-refractivity contribution in [1.82, 2.24) is 15.1 Å². The summed E-state index contributed by atoms with van der Waals surface area (Å²) in [6, 6.07) is 4.54. The van der Waals surface area contributed by atoms with Crippen molar-refractivity contribution in [2.75, 3.05) is 19.6 Å². The number of amides is 2. The molecule has 1 N–H and O–H groups in total. The molecular formula is C19H26ClN3O2S. The predicted molar refractivity (Wildman–Crippen MR) is 103 cm³/mol. The van der Waals surface area contributed by atoms with Crippen LogP contribution in [0.4, 0.5) is 0 Å². The molecule has 0 unspecified atom stereocenters. The highest BCUT2D eigenvalue weighted by Gasteiger charge is 2.49. The van der Waals surface area contributed by atoms with Crippen LogP contribution in [0.5, 0.6) is 0 Å². The summed E-state index contributed by atoms with van der Waals surface area (Å²) in [6.07, 6.45) is 3.91. The van der Waals surface area contributed by atoms with E-state index in [1.165, 1.54) is 11.3 Å². The molecular weight excluding hydrogens is 370 g/mol. The van der Waals surface area contributed by atoms with Crippen molar-refractivity contribution in [2.45, 2.75) is 51.2 Å². The molecule has 0 aromatic carbocycles. The van der Waals surface area contributed by atoms with E-state index < -0.39 is 0 Å². The van der Waals surface area contributed by atoms with Gasteiger partial charge in [0.2, 0.25) is 11.8 Å². The lowest BCUT2D eigenvalue weighted by atomic mass is 9.72. The number of carbonyl (C=O) groups is 2. The van der Waals surface area contributed by atoms with Crippen molar-refractivity contribution in [2.24, 2.45) is 11.8 Å². The smallest absolute Gasteiger partial charge is 0.223 e. The Balaban J connectivity index is 1.53. The first-order valence-corrected chi connectivity index (χ1v) is 10.7. The molecule has 3 aliphatic heterocycles. The van der Waals surface area contributed by atoms with E-state index in [2.05, 4.69) is 21.2 Å². The SMILES string of the molecule is CC(=O)NC[C@H]1[C@H]2C[C@H](CN(Cc3ccc(Cl)s3)C2)[C@@H]2CCCC(=O)N21. The largest absolute Gasteiger partial charge is 0.354 e. The maximum Gasteiger partial charge on any atom is 0.223 e. The van der Waals surface area contributed by atoms with Crippen LogP contribution in [0.1, 0.15) is 37.5 Å². The monoisotopic (exact) mass is 395 g/mol. The highest BCUT2D eigenvalue weighted by molar-refractivity contribution is 7.16. The number of thiophene rings is 1. The van der Waals surface area contributed by atoms with E-state index in [9.17, 15) is 9.59 Å². The van der Waals surface area contributed by atoms with Gasteiger partial charge in [0.1, 0.15) is 0 Å². The zero-order chi connectivity index (χ0) is 18.3. The summed E-state index contributed by atoms with van der Waals surface area (Å²) in [6.45, 7) is 5.08. The molecule has 0 spiro atoms. The Morgan fingerprint density at radius 1 is 1.35 bits per heavy atom. The standard InChI is InChI=1S/C19H26ClN3O2S/c1-12(24)21-8-17-14-7-13(16-3-2-4-19(25)23(16)17)9-22(10-14)11-15-5-6-18(20)26-15/h5-6,13-14,16-17H,2-4,7-11H2,1H3,(H,21,24)/t13-,14+,16+,17+/m1/s1. The Morgan fingerprint density at radius 2 is 2.15 bits per heavy atom. The lowest BCUT2D eigenvalue weighted by molar-refractivity contribution is -0.153. The molecule has 4 atom stereocenters. The molecule has 3 fully saturated rings. The van der Waals surface area contributed by atoms with Crippen LogP contribution in [0, 0.1) is 11.8 Å². The summed E-state index contributed by atoms with van der Waals surface area (Å²) in [4.78, 5) is 30.1. The Hall–Kier alpha value is -1.11. The normalized spacial score (nSPS) is 31.6. The fraction of sp³-hybridized carbons (Fsp3) is 0.684. The summed E-state index contributed by atoms with van der Waals surface area (Å²) < 4.78 is 0.838. The maximum atomic E-state index is 12.7. The zero-order valence-electron chi connectivity index (χ0n) is 15.1. The second-order valence-corrected chi connectivity index (χ2v) is 9.72. The number of nitrogens with zero attached hydrogens (tertiary/aromatic N) is 2. The van der Waals surface area contributed by atoms with E-state index in [0.29, 0.717) is 30.8 Å². The Labute approximate surface area is 163 Å². The molecule has 0 saturated carbocycles. The van der Waals surface area contributed by atoms with Gasteiger partial charge in [0.25, 0.3) is 0 Å². The Kier molecular flexibility index (Phi) is 5.26. The maximum absolute atomic E-state index is 12.7. The number of hydrogen-bond acceptors (Lipinski definition) is 4. The number of hydrogen-bond donors (Lipinski definition) is 1. The first-order chi connectivity index (χ1) is 12.5. The Bertz CT molecular complexity index is 694. The highest BCUT2D eigenvalue weighted by atomic mass is 35.5. The molecule has 2 bridgehead atoms. The van der Waals surface area contributed by atoms with E-state index in [1.807, 2.05) is 6.07 Å². The van der Waals surface area contributed by atoms with Gasteiger partial charge in [-0.15, -0.1) is 11.3 Å². The summed E-state index contributed by atoms with van der Waals surface area (Å²) >= 11 is 7.74. The number of carbonyl (C=O) groups excluding carboxylic acids is 2. The fourth-order valence-corrected chi connectivity index (χ4v) is 6.30. The number of piperidine rings is 3. The summed E-state index contributed by atoms with van der Waals surface area (Å²) in [7, 11) is 0. The molecule has 4 rings (SSSR count). The number of nitrogens with one attached hydrogen (secondary N) is 1. The summed E-state index contributed by atoms with van der Waals surface area (Å²) in [5.41, 5.74) is 0. The molecule has 0 radical (unpaired) electrons. The van der Waals surface area contributed by atoms with E-state index in [4.69, 9.17) is 11.6 Å². The lowest BCUT2D eigenvalue weighted by Gasteiger charge is -2.56. The van der Waals surface area contributed by atoms with Crippen LogP contribution in [-0.2, 0) is 16.1 Å². The van der Waals surface area contributed by atoms with Gasteiger partial charge in [-0.25, -0.2) is 0 Å². The molecule has 5 nitrogen and oxygen atoms in total. The third-order valence-corrected chi connectivity index (χ3v) is 7.36. The number of rotatable bonds is 4. The van der Waals surface area contributed by atoms with Gasteiger partial charge < -0.3 is 10.2 Å². The molecule has 3 aliphatic rings. The van der Waals surface area contributed by atoms with Gasteiger partial charge in [0.15, 0.2) is 0 Å². The highest BCUT2D eigenvalue weighted by Crippen LogP contribution is 2.42. The second-order valence-electron chi connectivity index (χ2n) is 7.92. The van der Waals surface area contributed by atoms with Crippen molar-refractivity contribution < 1.29 is 9.59 Å². The molecule has 2 amide bonds.